The van der Waals surface area contributed by atoms with Gasteiger partial charge in [-0.1, -0.05) is 55.8 Å². The lowest BCUT2D eigenvalue weighted by Gasteiger charge is -2.17. The highest BCUT2D eigenvalue weighted by molar-refractivity contribution is 5.46. The largest absolute Gasteiger partial charge is 0.493 e. The topological polar surface area (TPSA) is 30.5 Å². The summed E-state index contributed by atoms with van der Waals surface area (Å²) >= 11 is 0. The molecule has 3 nitrogen and oxygen atoms in total. The lowest BCUT2D eigenvalue weighted by Crippen LogP contribution is -2.15. The van der Waals surface area contributed by atoms with Gasteiger partial charge in [-0.15, -0.1) is 0 Å². The van der Waals surface area contributed by atoms with Crippen LogP contribution >= 0.6 is 0 Å². The van der Waals surface area contributed by atoms with Gasteiger partial charge in [-0.25, -0.2) is 0 Å². The first-order valence-electron chi connectivity index (χ1n) is 8.15. The Morgan fingerprint density at radius 2 is 1.83 bits per heavy atom. The quantitative estimate of drug-likeness (QED) is 0.787. The standard InChI is InChI=1S/C20H27NO2/c1-15(2)14-23-20-18(9-6-10-19(20)22-4)13-21-12-17-8-5-7-16(3)11-17/h5-11,15,21H,12-14H2,1-4H3. The maximum absolute atomic E-state index is 5.98. The van der Waals surface area contributed by atoms with E-state index in [4.69, 9.17) is 9.47 Å². The van der Waals surface area contributed by atoms with Gasteiger partial charge in [-0.3, -0.25) is 0 Å². The number of para-hydroxylation sites is 1. The van der Waals surface area contributed by atoms with Gasteiger partial charge >= 0.3 is 0 Å². The van der Waals surface area contributed by atoms with E-state index in [9.17, 15) is 0 Å². The van der Waals surface area contributed by atoms with Crippen molar-refractivity contribution in [2.45, 2.75) is 33.9 Å². The second-order valence-electron chi connectivity index (χ2n) is 6.25. The molecule has 0 atom stereocenters. The number of benzene rings is 2. The molecule has 0 saturated carbocycles. The molecule has 0 fully saturated rings. The minimum Gasteiger partial charge on any atom is -0.493 e. The number of hydrogen-bond acceptors (Lipinski definition) is 3. The van der Waals surface area contributed by atoms with E-state index in [2.05, 4.69) is 56.4 Å². The van der Waals surface area contributed by atoms with Crippen LogP contribution in [0.25, 0.3) is 0 Å². The van der Waals surface area contributed by atoms with Crippen LogP contribution in [-0.4, -0.2) is 13.7 Å². The molecule has 0 radical (unpaired) electrons. The monoisotopic (exact) mass is 313 g/mol. The number of rotatable bonds is 8. The van der Waals surface area contributed by atoms with Gasteiger partial charge in [0.25, 0.3) is 0 Å². The minimum absolute atomic E-state index is 0.480. The van der Waals surface area contributed by atoms with Crippen molar-refractivity contribution >= 4 is 0 Å². The molecule has 1 N–H and O–H groups in total. The summed E-state index contributed by atoms with van der Waals surface area (Å²) in [7, 11) is 1.68. The van der Waals surface area contributed by atoms with Crippen LogP contribution in [0.15, 0.2) is 42.5 Å². The molecule has 0 aliphatic carbocycles. The van der Waals surface area contributed by atoms with Crippen LogP contribution in [0.4, 0.5) is 0 Å². The molecule has 0 aliphatic heterocycles. The summed E-state index contributed by atoms with van der Waals surface area (Å²) in [6.07, 6.45) is 0. The Morgan fingerprint density at radius 1 is 1.04 bits per heavy atom. The Labute approximate surface area is 139 Å². The first kappa shape index (κ1) is 17.4. The van der Waals surface area contributed by atoms with Crippen molar-refractivity contribution in [2.24, 2.45) is 5.92 Å². The van der Waals surface area contributed by atoms with Gasteiger partial charge in [-0.05, 0) is 24.5 Å². The lowest BCUT2D eigenvalue weighted by atomic mass is 10.1. The maximum atomic E-state index is 5.98. The Balaban J connectivity index is 2.03. The smallest absolute Gasteiger partial charge is 0.165 e. The molecular formula is C20H27NO2. The van der Waals surface area contributed by atoms with Crippen molar-refractivity contribution in [1.29, 1.82) is 0 Å². The average Bonchev–Trinajstić information content (AvgIpc) is 2.53. The Morgan fingerprint density at radius 3 is 2.52 bits per heavy atom. The number of ether oxygens (including phenoxy) is 2. The van der Waals surface area contributed by atoms with Crippen molar-refractivity contribution in [3.63, 3.8) is 0 Å². The molecule has 2 aromatic carbocycles. The van der Waals surface area contributed by atoms with Crippen molar-refractivity contribution in [3.8, 4) is 11.5 Å². The predicted octanol–water partition coefficient (Wildman–Crippen LogP) is 4.33. The average molecular weight is 313 g/mol. The Bertz CT molecular complexity index is 623. The van der Waals surface area contributed by atoms with E-state index in [1.165, 1.54) is 11.1 Å². The van der Waals surface area contributed by atoms with E-state index in [0.717, 1.165) is 30.2 Å². The van der Waals surface area contributed by atoms with Crippen LogP contribution in [0.1, 0.15) is 30.5 Å². The summed E-state index contributed by atoms with van der Waals surface area (Å²) < 4.78 is 11.4. The van der Waals surface area contributed by atoms with Gasteiger partial charge in [0.1, 0.15) is 0 Å². The lowest BCUT2D eigenvalue weighted by molar-refractivity contribution is 0.254. The Hall–Kier alpha value is -2.00. The molecule has 124 valence electrons. The van der Waals surface area contributed by atoms with Gasteiger partial charge in [0.15, 0.2) is 11.5 Å². The molecule has 2 aromatic rings. The highest BCUT2D eigenvalue weighted by atomic mass is 16.5. The number of methoxy groups -OCH3 is 1. The zero-order valence-corrected chi connectivity index (χ0v) is 14.6. The van der Waals surface area contributed by atoms with Crippen molar-refractivity contribution in [3.05, 3.63) is 59.2 Å². The zero-order chi connectivity index (χ0) is 16.7. The van der Waals surface area contributed by atoms with Crippen LogP contribution in [0.5, 0.6) is 11.5 Å². The summed E-state index contributed by atoms with van der Waals surface area (Å²) in [5, 5.41) is 3.49. The van der Waals surface area contributed by atoms with Crippen LogP contribution in [0.3, 0.4) is 0 Å². The molecular weight excluding hydrogens is 286 g/mol. The van der Waals surface area contributed by atoms with Crippen LogP contribution in [0.2, 0.25) is 0 Å². The van der Waals surface area contributed by atoms with Gasteiger partial charge in [0, 0.05) is 18.7 Å². The third kappa shape index (κ3) is 5.29. The van der Waals surface area contributed by atoms with E-state index in [-0.39, 0.29) is 0 Å². The summed E-state index contributed by atoms with van der Waals surface area (Å²) in [4.78, 5) is 0. The van der Waals surface area contributed by atoms with Crippen LogP contribution < -0.4 is 14.8 Å². The molecule has 23 heavy (non-hydrogen) atoms. The summed E-state index contributed by atoms with van der Waals surface area (Å²) in [5.74, 6) is 2.12. The van der Waals surface area contributed by atoms with E-state index >= 15 is 0 Å². The van der Waals surface area contributed by atoms with Crippen molar-refractivity contribution < 1.29 is 9.47 Å². The van der Waals surface area contributed by atoms with Gasteiger partial charge < -0.3 is 14.8 Å². The molecule has 0 aliphatic rings. The molecule has 0 spiro atoms. The number of aryl methyl sites for hydroxylation is 1. The molecule has 0 saturated heterocycles. The second kappa shape index (κ2) is 8.59. The fraction of sp³-hybridized carbons (Fsp3) is 0.400. The fourth-order valence-electron chi connectivity index (χ4n) is 2.44. The van der Waals surface area contributed by atoms with Crippen molar-refractivity contribution in [2.75, 3.05) is 13.7 Å². The molecule has 0 heterocycles. The van der Waals surface area contributed by atoms with Crippen LogP contribution in [0, 0.1) is 12.8 Å². The van der Waals surface area contributed by atoms with Gasteiger partial charge in [-0.2, -0.15) is 0 Å². The molecule has 2 rings (SSSR count). The fourth-order valence-corrected chi connectivity index (χ4v) is 2.44. The number of hydrogen-bond donors (Lipinski definition) is 1. The molecule has 0 amide bonds. The first-order valence-corrected chi connectivity index (χ1v) is 8.15. The third-order valence-corrected chi connectivity index (χ3v) is 3.57. The van der Waals surface area contributed by atoms with Crippen molar-refractivity contribution in [1.82, 2.24) is 5.32 Å². The molecule has 3 heteroatoms. The summed E-state index contributed by atoms with van der Waals surface area (Å²) in [6.45, 7) is 8.67. The van der Waals surface area contributed by atoms with Gasteiger partial charge in [0.2, 0.25) is 0 Å². The van der Waals surface area contributed by atoms with E-state index in [1.807, 2.05) is 12.1 Å². The first-order chi connectivity index (χ1) is 11.1. The van der Waals surface area contributed by atoms with Gasteiger partial charge in [0.05, 0.1) is 13.7 Å². The Kier molecular flexibility index (Phi) is 6.48. The highest BCUT2D eigenvalue weighted by Gasteiger charge is 2.11. The molecule has 0 unspecified atom stereocenters. The zero-order valence-electron chi connectivity index (χ0n) is 14.6. The normalized spacial score (nSPS) is 10.8. The van der Waals surface area contributed by atoms with E-state index in [0.29, 0.717) is 12.5 Å². The molecule has 0 aromatic heterocycles. The van der Waals surface area contributed by atoms with Crippen LogP contribution in [-0.2, 0) is 13.1 Å². The van der Waals surface area contributed by atoms with E-state index < -0.39 is 0 Å². The highest BCUT2D eigenvalue weighted by Crippen LogP contribution is 2.31. The number of nitrogens with one attached hydrogen (secondary N) is 1. The predicted molar refractivity (Wildman–Crippen MR) is 95.0 cm³/mol. The third-order valence-electron chi connectivity index (χ3n) is 3.57. The van der Waals surface area contributed by atoms with E-state index in [1.54, 1.807) is 7.11 Å². The summed E-state index contributed by atoms with van der Waals surface area (Å²) in [6, 6.07) is 14.6. The minimum atomic E-state index is 0.480. The summed E-state index contributed by atoms with van der Waals surface area (Å²) in [5.41, 5.74) is 3.70. The maximum Gasteiger partial charge on any atom is 0.165 e. The SMILES string of the molecule is COc1cccc(CNCc2cccc(C)c2)c1OCC(C)C. The second-order valence-corrected chi connectivity index (χ2v) is 6.25. The molecule has 0 bridgehead atoms.